The molecule has 3 aromatic rings. The van der Waals surface area contributed by atoms with Gasteiger partial charge in [-0.2, -0.15) is 9.97 Å². The Labute approximate surface area is 169 Å². The van der Waals surface area contributed by atoms with E-state index in [-0.39, 0.29) is 11.9 Å². The highest BCUT2D eigenvalue weighted by Crippen LogP contribution is 2.20. The molecule has 3 heterocycles. The molecular weight excluding hydrogens is 370 g/mol. The highest BCUT2D eigenvalue weighted by molar-refractivity contribution is 5.77. The van der Waals surface area contributed by atoms with E-state index in [4.69, 9.17) is 10.5 Å². The minimum absolute atomic E-state index is 0.157. The van der Waals surface area contributed by atoms with Crippen molar-refractivity contribution >= 4 is 28.7 Å². The van der Waals surface area contributed by atoms with Crippen molar-refractivity contribution in [1.82, 2.24) is 24.4 Å². The van der Waals surface area contributed by atoms with Crippen LogP contribution in [0.1, 0.15) is 12.8 Å². The highest BCUT2D eigenvalue weighted by atomic mass is 16.5. The topological polar surface area (TPSA) is 102 Å². The van der Waals surface area contributed by atoms with E-state index in [9.17, 15) is 4.79 Å². The number of nitrogens with zero attached hydrogens (tertiary/aromatic N) is 6. The third kappa shape index (κ3) is 4.23. The lowest BCUT2D eigenvalue weighted by molar-refractivity contribution is -0.131. The van der Waals surface area contributed by atoms with Crippen molar-refractivity contribution in [1.29, 1.82) is 0 Å². The Bertz CT molecular complexity index is 1000. The van der Waals surface area contributed by atoms with Gasteiger partial charge in [0.05, 0.1) is 24.5 Å². The van der Waals surface area contributed by atoms with Crippen LogP contribution in [-0.4, -0.2) is 63.6 Å². The number of ether oxygens (including phenoxy) is 1. The standard InChI is InChI=1S/C20H25N7O2/c1-29-18-13-17(23-20(21)24-18)25-8-4-9-26(12-11-25)19(28)7-10-27-14-22-15-5-2-3-6-16(15)27/h2-3,5-6,13-14H,4,7-12H2,1H3,(H2,21,23,24). The molecule has 0 spiro atoms. The fourth-order valence-electron chi connectivity index (χ4n) is 3.66. The van der Waals surface area contributed by atoms with Crippen LogP contribution in [-0.2, 0) is 11.3 Å². The molecule has 0 bridgehead atoms. The second kappa shape index (κ2) is 8.34. The summed E-state index contributed by atoms with van der Waals surface area (Å²) in [4.78, 5) is 29.6. The number of amides is 1. The van der Waals surface area contributed by atoms with Crippen LogP contribution in [0.25, 0.3) is 11.0 Å². The van der Waals surface area contributed by atoms with Gasteiger partial charge in [0.15, 0.2) is 0 Å². The van der Waals surface area contributed by atoms with Gasteiger partial charge in [-0.25, -0.2) is 4.98 Å². The number of aryl methyl sites for hydroxylation is 1. The Hall–Kier alpha value is -3.36. The fourth-order valence-corrected chi connectivity index (χ4v) is 3.66. The molecule has 9 nitrogen and oxygen atoms in total. The van der Waals surface area contributed by atoms with Gasteiger partial charge in [-0.3, -0.25) is 4.79 Å². The number of carbonyl (C=O) groups excluding carboxylic acids is 1. The first-order chi connectivity index (χ1) is 14.1. The van der Waals surface area contributed by atoms with E-state index in [0.717, 1.165) is 36.4 Å². The fraction of sp³-hybridized carbons (Fsp3) is 0.400. The molecule has 1 fully saturated rings. The van der Waals surface area contributed by atoms with Gasteiger partial charge < -0.3 is 24.8 Å². The molecule has 0 radical (unpaired) electrons. The number of nitrogen functional groups attached to an aromatic ring is 1. The first-order valence-electron chi connectivity index (χ1n) is 9.75. The van der Waals surface area contributed by atoms with Crippen molar-refractivity contribution in [3.8, 4) is 5.88 Å². The summed E-state index contributed by atoms with van der Waals surface area (Å²) in [6.07, 6.45) is 3.12. The molecule has 0 saturated carbocycles. The number of methoxy groups -OCH3 is 1. The van der Waals surface area contributed by atoms with Crippen LogP contribution in [0.4, 0.5) is 11.8 Å². The lowest BCUT2D eigenvalue weighted by atomic mass is 10.3. The molecule has 152 valence electrons. The number of rotatable bonds is 5. The summed E-state index contributed by atoms with van der Waals surface area (Å²) < 4.78 is 7.22. The van der Waals surface area contributed by atoms with E-state index in [1.54, 1.807) is 19.5 Å². The minimum atomic E-state index is 0.157. The quantitative estimate of drug-likeness (QED) is 0.699. The molecule has 1 aliphatic heterocycles. The van der Waals surface area contributed by atoms with Gasteiger partial charge in [-0.15, -0.1) is 0 Å². The first-order valence-corrected chi connectivity index (χ1v) is 9.75. The number of imidazole rings is 1. The SMILES string of the molecule is COc1cc(N2CCCN(C(=O)CCn3cnc4ccccc43)CC2)nc(N)n1. The molecule has 0 atom stereocenters. The summed E-state index contributed by atoms with van der Waals surface area (Å²) in [5.41, 5.74) is 7.78. The van der Waals surface area contributed by atoms with E-state index in [1.165, 1.54) is 0 Å². The Kier molecular flexibility index (Phi) is 5.46. The maximum atomic E-state index is 12.8. The van der Waals surface area contributed by atoms with Crippen LogP contribution in [0.15, 0.2) is 36.7 Å². The van der Waals surface area contributed by atoms with Crippen molar-refractivity contribution in [2.75, 3.05) is 43.9 Å². The van der Waals surface area contributed by atoms with Crippen LogP contribution in [0.3, 0.4) is 0 Å². The number of hydrogen-bond acceptors (Lipinski definition) is 7. The van der Waals surface area contributed by atoms with E-state index in [1.807, 2.05) is 33.7 Å². The maximum absolute atomic E-state index is 12.8. The summed E-state index contributed by atoms with van der Waals surface area (Å²) in [6.45, 7) is 3.50. The normalized spacial score (nSPS) is 14.8. The summed E-state index contributed by atoms with van der Waals surface area (Å²) in [5, 5.41) is 0. The number of nitrogens with two attached hydrogens (primary N) is 1. The molecule has 0 aliphatic carbocycles. The molecule has 29 heavy (non-hydrogen) atoms. The third-order valence-corrected chi connectivity index (χ3v) is 5.18. The second-order valence-electron chi connectivity index (χ2n) is 7.02. The first kappa shape index (κ1) is 19.0. The van der Waals surface area contributed by atoms with E-state index in [2.05, 4.69) is 19.9 Å². The smallest absolute Gasteiger partial charge is 0.225 e. The molecule has 0 unspecified atom stereocenters. The Morgan fingerprint density at radius 2 is 2.03 bits per heavy atom. The number of hydrogen-bond donors (Lipinski definition) is 1. The van der Waals surface area contributed by atoms with Gasteiger partial charge in [0.2, 0.25) is 17.7 Å². The predicted octanol–water partition coefficient (Wildman–Crippen LogP) is 1.55. The van der Waals surface area contributed by atoms with Gasteiger partial charge in [0, 0.05) is 45.2 Å². The Morgan fingerprint density at radius 1 is 1.17 bits per heavy atom. The molecule has 2 aromatic heterocycles. The van der Waals surface area contributed by atoms with Gasteiger partial charge in [-0.05, 0) is 18.6 Å². The van der Waals surface area contributed by atoms with Crippen LogP contribution < -0.4 is 15.4 Å². The number of para-hydroxylation sites is 2. The zero-order valence-corrected chi connectivity index (χ0v) is 16.5. The number of fused-ring (bicyclic) bond motifs is 1. The average Bonchev–Trinajstić information content (AvgIpc) is 2.98. The number of carbonyl (C=O) groups is 1. The van der Waals surface area contributed by atoms with Crippen LogP contribution >= 0.6 is 0 Å². The number of aromatic nitrogens is 4. The van der Waals surface area contributed by atoms with Gasteiger partial charge in [0.25, 0.3) is 0 Å². The predicted molar refractivity (Wildman–Crippen MR) is 111 cm³/mol. The maximum Gasteiger partial charge on any atom is 0.225 e. The summed E-state index contributed by atoms with van der Waals surface area (Å²) in [5.74, 6) is 1.51. The van der Waals surface area contributed by atoms with Crippen molar-refractivity contribution < 1.29 is 9.53 Å². The minimum Gasteiger partial charge on any atom is -0.481 e. The number of benzene rings is 1. The molecule has 9 heteroatoms. The molecular formula is C20H25N7O2. The molecule has 1 aliphatic rings. The lowest BCUT2D eigenvalue weighted by Crippen LogP contribution is -2.35. The molecule has 1 saturated heterocycles. The van der Waals surface area contributed by atoms with Gasteiger partial charge in [0.1, 0.15) is 5.82 Å². The molecule has 2 N–H and O–H groups in total. The largest absolute Gasteiger partial charge is 0.481 e. The summed E-state index contributed by atoms with van der Waals surface area (Å²) in [7, 11) is 1.55. The van der Waals surface area contributed by atoms with E-state index < -0.39 is 0 Å². The van der Waals surface area contributed by atoms with Crippen LogP contribution in [0.5, 0.6) is 5.88 Å². The number of anilines is 2. The summed E-state index contributed by atoms with van der Waals surface area (Å²) >= 11 is 0. The molecule has 4 rings (SSSR count). The van der Waals surface area contributed by atoms with Crippen LogP contribution in [0, 0.1) is 0 Å². The van der Waals surface area contributed by atoms with Gasteiger partial charge in [-0.1, -0.05) is 12.1 Å². The monoisotopic (exact) mass is 395 g/mol. The van der Waals surface area contributed by atoms with Gasteiger partial charge >= 0.3 is 0 Å². The van der Waals surface area contributed by atoms with Crippen LogP contribution in [0.2, 0.25) is 0 Å². The van der Waals surface area contributed by atoms with Crippen molar-refractivity contribution in [2.24, 2.45) is 0 Å². The lowest BCUT2D eigenvalue weighted by Gasteiger charge is -2.23. The van der Waals surface area contributed by atoms with Crippen molar-refractivity contribution in [2.45, 2.75) is 19.4 Å². The molecule has 1 aromatic carbocycles. The third-order valence-electron chi connectivity index (χ3n) is 5.18. The average molecular weight is 395 g/mol. The zero-order chi connectivity index (χ0) is 20.2. The van der Waals surface area contributed by atoms with E-state index >= 15 is 0 Å². The highest BCUT2D eigenvalue weighted by Gasteiger charge is 2.21. The van der Waals surface area contributed by atoms with E-state index in [0.29, 0.717) is 31.9 Å². The second-order valence-corrected chi connectivity index (χ2v) is 7.02. The Balaban J connectivity index is 1.37. The van der Waals surface area contributed by atoms with Crippen molar-refractivity contribution in [3.05, 3.63) is 36.7 Å². The molecule has 1 amide bonds. The Morgan fingerprint density at radius 3 is 2.90 bits per heavy atom. The zero-order valence-electron chi connectivity index (χ0n) is 16.5. The summed E-state index contributed by atoms with van der Waals surface area (Å²) in [6, 6.07) is 9.73. The van der Waals surface area contributed by atoms with Crippen molar-refractivity contribution in [3.63, 3.8) is 0 Å².